The van der Waals surface area contributed by atoms with E-state index in [0.717, 1.165) is 11.3 Å². The number of hydrogen-bond donors (Lipinski definition) is 1. The number of hydrogen-bond acceptors (Lipinski definition) is 4. The summed E-state index contributed by atoms with van der Waals surface area (Å²) in [6, 6.07) is 5.57. The third-order valence-corrected chi connectivity index (χ3v) is 7.85. The van der Waals surface area contributed by atoms with E-state index in [0.29, 0.717) is 12.0 Å². The minimum absolute atomic E-state index is 0.0558. The molecule has 0 aromatic heterocycles. The largest absolute Gasteiger partial charge is 0.325 e. The van der Waals surface area contributed by atoms with Gasteiger partial charge >= 0.3 is 0 Å². The predicted molar refractivity (Wildman–Crippen MR) is 109 cm³/mol. The smallest absolute Gasteiger partial charge is 0.232 e. The van der Waals surface area contributed by atoms with Gasteiger partial charge in [0.2, 0.25) is 5.91 Å². The number of nitrogens with one attached hydrogen (secondary N) is 1. The number of ketones is 1. The van der Waals surface area contributed by atoms with Gasteiger partial charge in [-0.3, -0.25) is 9.59 Å². The Morgan fingerprint density at radius 1 is 1.37 bits per heavy atom. The van der Waals surface area contributed by atoms with Crippen molar-refractivity contribution in [1.82, 2.24) is 0 Å². The van der Waals surface area contributed by atoms with Crippen LogP contribution >= 0.6 is 23.8 Å². The number of fused-ring (bicyclic) bond motifs is 3. The van der Waals surface area contributed by atoms with Crippen LogP contribution in [0.15, 0.2) is 35.8 Å². The highest BCUT2D eigenvalue weighted by atomic mass is 35.5. The van der Waals surface area contributed by atoms with E-state index in [1.807, 2.05) is 39.0 Å². The van der Waals surface area contributed by atoms with Crippen molar-refractivity contribution in [3.8, 4) is 0 Å². The summed E-state index contributed by atoms with van der Waals surface area (Å²) in [5.41, 5.74) is -0.566. The highest BCUT2D eigenvalue weighted by molar-refractivity contribution is 7.78. The van der Waals surface area contributed by atoms with Crippen LogP contribution in [-0.2, 0) is 15.1 Å². The molecule has 140 valence electrons. The van der Waals surface area contributed by atoms with Gasteiger partial charge in [-0.25, -0.2) is 4.99 Å². The molecule has 1 aliphatic heterocycles. The van der Waals surface area contributed by atoms with Crippen molar-refractivity contribution in [3.05, 3.63) is 42.0 Å². The summed E-state index contributed by atoms with van der Waals surface area (Å²) >= 11 is 11.9. The molecular formula is C21H21ClN2O2S. The summed E-state index contributed by atoms with van der Waals surface area (Å²) in [6.07, 6.45) is 2.17. The third kappa shape index (κ3) is 1.95. The van der Waals surface area contributed by atoms with Crippen LogP contribution in [0.4, 0.5) is 5.69 Å². The average Bonchev–Trinajstić information content (AvgIpc) is 2.95. The van der Waals surface area contributed by atoms with Gasteiger partial charge in [-0.15, -0.1) is 18.2 Å². The van der Waals surface area contributed by atoms with Gasteiger partial charge in [0.05, 0.1) is 11.1 Å². The molecule has 6 heteroatoms. The van der Waals surface area contributed by atoms with Crippen LogP contribution in [0, 0.1) is 16.7 Å². The first-order valence-electron chi connectivity index (χ1n) is 9.02. The van der Waals surface area contributed by atoms with E-state index >= 15 is 0 Å². The van der Waals surface area contributed by atoms with Crippen molar-refractivity contribution in [2.24, 2.45) is 21.7 Å². The molecule has 2 bridgehead atoms. The molecular weight excluding hydrogens is 380 g/mol. The second-order valence-electron chi connectivity index (χ2n) is 8.53. The molecule has 0 unspecified atom stereocenters. The van der Waals surface area contributed by atoms with Gasteiger partial charge in [0.1, 0.15) is 0 Å². The topological polar surface area (TPSA) is 58.5 Å². The van der Waals surface area contributed by atoms with E-state index in [4.69, 9.17) is 23.8 Å². The molecule has 1 amide bonds. The van der Waals surface area contributed by atoms with E-state index in [1.165, 1.54) is 0 Å². The van der Waals surface area contributed by atoms with E-state index in [1.54, 1.807) is 6.08 Å². The molecule has 2 aliphatic carbocycles. The number of nitrogens with zero attached hydrogens (tertiary/aromatic N) is 1. The Bertz CT molecular complexity index is 952. The second kappa shape index (κ2) is 5.60. The molecule has 4 rings (SSSR count). The van der Waals surface area contributed by atoms with Crippen molar-refractivity contribution < 1.29 is 9.59 Å². The molecule has 1 aromatic rings. The number of aliphatic imine (C=N–C) groups is 1. The van der Waals surface area contributed by atoms with Gasteiger partial charge in [-0.05, 0) is 41.2 Å². The molecule has 1 heterocycles. The van der Waals surface area contributed by atoms with Crippen LogP contribution in [0.2, 0.25) is 0 Å². The fraction of sp³-hybridized carbons (Fsp3) is 0.476. The normalized spacial score (nSPS) is 38.3. The summed E-state index contributed by atoms with van der Waals surface area (Å²) < 4.78 is 0. The lowest BCUT2D eigenvalue weighted by atomic mass is 9.53. The molecule has 0 saturated heterocycles. The van der Waals surface area contributed by atoms with Crippen LogP contribution in [-0.4, -0.2) is 22.2 Å². The van der Waals surface area contributed by atoms with Crippen LogP contribution < -0.4 is 5.32 Å². The highest BCUT2D eigenvalue weighted by Crippen LogP contribution is 2.65. The molecule has 0 radical (unpaired) electrons. The summed E-state index contributed by atoms with van der Waals surface area (Å²) in [7, 11) is 0. The first-order valence-corrected chi connectivity index (χ1v) is 9.86. The number of amides is 1. The Hall–Kier alpha value is -1.81. The average molecular weight is 401 g/mol. The maximum absolute atomic E-state index is 14.0. The maximum Gasteiger partial charge on any atom is 0.232 e. The first kappa shape index (κ1) is 18.5. The van der Waals surface area contributed by atoms with E-state index in [-0.39, 0.29) is 17.1 Å². The zero-order valence-electron chi connectivity index (χ0n) is 15.5. The monoisotopic (exact) mass is 400 g/mol. The van der Waals surface area contributed by atoms with Crippen molar-refractivity contribution in [2.75, 3.05) is 5.32 Å². The lowest BCUT2D eigenvalue weighted by molar-refractivity contribution is -0.141. The number of rotatable bonds is 2. The molecule has 1 saturated carbocycles. The van der Waals surface area contributed by atoms with Crippen LogP contribution in [0.5, 0.6) is 0 Å². The zero-order valence-corrected chi connectivity index (χ0v) is 17.1. The molecule has 1 N–H and O–H groups in total. The van der Waals surface area contributed by atoms with Crippen molar-refractivity contribution in [3.63, 3.8) is 0 Å². The van der Waals surface area contributed by atoms with E-state index in [9.17, 15) is 9.59 Å². The van der Waals surface area contributed by atoms with Gasteiger partial charge in [-0.2, -0.15) is 0 Å². The van der Waals surface area contributed by atoms with Crippen LogP contribution in [0.1, 0.15) is 44.2 Å². The highest BCUT2D eigenvalue weighted by Gasteiger charge is 2.69. The molecule has 5 atom stereocenters. The zero-order chi connectivity index (χ0) is 19.8. The summed E-state index contributed by atoms with van der Waals surface area (Å²) in [5.74, 6) is -1.03. The number of isothiocyanates is 1. The quantitative estimate of drug-likeness (QED) is 0.345. The van der Waals surface area contributed by atoms with Gasteiger partial charge < -0.3 is 5.32 Å². The summed E-state index contributed by atoms with van der Waals surface area (Å²) in [6.45, 7) is 9.84. The molecule has 3 aliphatic rings. The minimum atomic E-state index is -1.34. The lowest BCUT2D eigenvalue weighted by Crippen LogP contribution is -2.60. The fourth-order valence-corrected chi connectivity index (χ4v) is 6.06. The number of benzene rings is 1. The Morgan fingerprint density at radius 3 is 2.70 bits per heavy atom. The standard InChI is InChI=1S/C21H21ClN2O2S/c1-5-20(4)14(22)9-12-17(25)21(20,23-10-27)11-7-6-8-13-15(11)16(18(26)24-13)19(12,2)3/h5-8,12,14,16H,1,9H2,2-4H3,(H,24,26)/t12-,14-,16-,20-,21-/m1/s1. The number of anilines is 1. The maximum atomic E-state index is 14.0. The van der Waals surface area contributed by atoms with E-state index < -0.39 is 28.2 Å². The van der Waals surface area contributed by atoms with Crippen LogP contribution in [0.25, 0.3) is 0 Å². The molecule has 1 aromatic carbocycles. The fourth-order valence-electron chi connectivity index (χ4n) is 5.50. The Kier molecular flexibility index (Phi) is 3.85. The van der Waals surface area contributed by atoms with Crippen molar-refractivity contribution in [1.29, 1.82) is 0 Å². The first-order chi connectivity index (χ1) is 12.7. The lowest BCUT2D eigenvalue weighted by Gasteiger charge is -2.52. The number of thiocarbonyl (C=S) groups is 1. The predicted octanol–water partition coefficient (Wildman–Crippen LogP) is 4.45. The number of Topliss-reactive ketones (excluding diaryl/α,β-unsaturated/α-hetero) is 1. The number of halogens is 1. The summed E-state index contributed by atoms with van der Waals surface area (Å²) in [4.78, 5) is 31.5. The number of alkyl halides is 1. The van der Waals surface area contributed by atoms with Gasteiger partial charge in [0.15, 0.2) is 11.3 Å². The summed E-state index contributed by atoms with van der Waals surface area (Å²) in [5, 5.41) is 5.06. The number of carbonyl (C=O) groups is 2. The van der Waals surface area contributed by atoms with Gasteiger partial charge in [-0.1, -0.05) is 39.0 Å². The number of carbonyl (C=O) groups excluding carboxylic acids is 2. The van der Waals surface area contributed by atoms with E-state index in [2.05, 4.69) is 22.0 Å². The van der Waals surface area contributed by atoms with Crippen molar-refractivity contribution in [2.45, 2.75) is 44.0 Å². The molecule has 1 fully saturated rings. The second-order valence-corrected chi connectivity index (χ2v) is 9.24. The minimum Gasteiger partial charge on any atom is -0.325 e. The van der Waals surface area contributed by atoms with Gasteiger partial charge in [0, 0.05) is 22.4 Å². The third-order valence-electron chi connectivity index (χ3n) is 7.13. The van der Waals surface area contributed by atoms with Crippen LogP contribution in [0.3, 0.4) is 0 Å². The van der Waals surface area contributed by atoms with Gasteiger partial charge in [0.25, 0.3) is 0 Å². The Balaban J connectivity index is 2.22. The molecule has 0 spiro atoms. The SMILES string of the molecule is C=C[C@]1(C)[C@H](Cl)C[C@@H]2C(=O)[C@]1(N=C=S)c1cccc3c1[C@H](C(=O)N3)C2(C)C. The Labute approximate surface area is 169 Å². The molecule has 4 nitrogen and oxygen atoms in total. The Morgan fingerprint density at radius 2 is 2.07 bits per heavy atom. The van der Waals surface area contributed by atoms with Crippen molar-refractivity contribution >= 4 is 46.4 Å². The molecule has 27 heavy (non-hydrogen) atoms.